The second kappa shape index (κ2) is 7.12. The van der Waals surface area contributed by atoms with Gasteiger partial charge in [-0.15, -0.1) is 0 Å². The van der Waals surface area contributed by atoms with E-state index in [1.165, 1.54) is 7.11 Å². The molecule has 1 aromatic carbocycles. The maximum atomic E-state index is 11.8. The van der Waals surface area contributed by atoms with Crippen LogP contribution in [0.5, 0.6) is 5.75 Å². The maximum Gasteiger partial charge on any atom is 0.252 e. The lowest BCUT2D eigenvalue weighted by molar-refractivity contribution is -0.589. The Morgan fingerprint density at radius 1 is 1.17 bits per heavy atom. The van der Waals surface area contributed by atoms with Gasteiger partial charge in [-0.1, -0.05) is 32.0 Å². The molecule has 132 valence electrons. The third kappa shape index (κ3) is 3.19. The fourth-order valence-corrected chi connectivity index (χ4v) is 3.80. The van der Waals surface area contributed by atoms with Crippen LogP contribution in [0.1, 0.15) is 31.7 Å². The molecule has 0 aromatic heterocycles. The van der Waals surface area contributed by atoms with E-state index < -0.39 is 39.9 Å². The van der Waals surface area contributed by atoms with Crippen LogP contribution in [0.15, 0.2) is 24.3 Å². The van der Waals surface area contributed by atoms with Crippen molar-refractivity contribution in [2.45, 2.75) is 44.4 Å². The fourth-order valence-electron chi connectivity index (χ4n) is 3.80. The summed E-state index contributed by atoms with van der Waals surface area (Å²) in [6.07, 6.45) is -1.20. The number of ether oxygens (including phenoxy) is 1. The lowest BCUT2D eigenvalue weighted by Gasteiger charge is -2.38. The highest BCUT2D eigenvalue weighted by Gasteiger charge is 2.58. The minimum absolute atomic E-state index is 0.0423. The molecule has 0 aliphatic heterocycles. The van der Waals surface area contributed by atoms with Crippen LogP contribution in [-0.4, -0.2) is 40.3 Å². The molecular weight excluding hydrogens is 316 g/mol. The van der Waals surface area contributed by atoms with Crippen molar-refractivity contribution in [3.8, 4) is 5.75 Å². The van der Waals surface area contributed by atoms with Crippen molar-refractivity contribution in [2.75, 3.05) is 7.11 Å². The van der Waals surface area contributed by atoms with Crippen molar-refractivity contribution >= 4 is 0 Å². The molecule has 8 heteroatoms. The Kier molecular flexibility index (Phi) is 5.38. The third-order valence-corrected chi connectivity index (χ3v) is 4.92. The number of nitrogens with zero attached hydrogens (tertiary/aromatic N) is 2. The van der Waals surface area contributed by atoms with Crippen molar-refractivity contribution in [1.82, 2.24) is 0 Å². The Hall–Kier alpha value is -2.22. The molecule has 0 spiro atoms. The highest BCUT2D eigenvalue weighted by Crippen LogP contribution is 2.45. The van der Waals surface area contributed by atoms with Gasteiger partial charge in [0.15, 0.2) is 0 Å². The summed E-state index contributed by atoms with van der Waals surface area (Å²) in [5.74, 6) is -1.24. The zero-order valence-corrected chi connectivity index (χ0v) is 13.9. The molecule has 0 unspecified atom stereocenters. The van der Waals surface area contributed by atoms with E-state index in [2.05, 4.69) is 0 Å². The van der Waals surface area contributed by atoms with Crippen LogP contribution in [0.25, 0.3) is 0 Å². The van der Waals surface area contributed by atoms with Gasteiger partial charge in [0, 0.05) is 21.3 Å². The van der Waals surface area contributed by atoms with Gasteiger partial charge in [0.2, 0.25) is 6.04 Å². The van der Waals surface area contributed by atoms with Crippen LogP contribution < -0.4 is 4.74 Å². The quantitative estimate of drug-likeness (QED) is 0.649. The van der Waals surface area contributed by atoms with Crippen molar-refractivity contribution in [3.63, 3.8) is 0 Å². The van der Waals surface area contributed by atoms with E-state index in [1.807, 2.05) is 13.8 Å². The molecule has 0 heterocycles. The van der Waals surface area contributed by atoms with Crippen LogP contribution in [0.2, 0.25) is 0 Å². The molecule has 1 aromatic rings. The van der Waals surface area contributed by atoms with Gasteiger partial charge in [0.05, 0.1) is 7.11 Å². The van der Waals surface area contributed by atoms with E-state index in [9.17, 15) is 25.3 Å². The van der Waals surface area contributed by atoms with Crippen molar-refractivity contribution < 1.29 is 19.7 Å². The Bertz CT molecular complexity index is 620. The summed E-state index contributed by atoms with van der Waals surface area (Å²) >= 11 is 0. The first-order chi connectivity index (χ1) is 11.3. The van der Waals surface area contributed by atoms with Gasteiger partial charge in [0.1, 0.15) is 17.8 Å². The van der Waals surface area contributed by atoms with Gasteiger partial charge in [0.25, 0.3) is 6.04 Å². The third-order valence-electron chi connectivity index (χ3n) is 4.92. The monoisotopic (exact) mass is 338 g/mol. The standard InChI is InChI=1S/C16H22N2O6/c1-9(2)11-8-12(19)16(18(22)23)14(15(11)17(20)21)10-6-4-5-7-13(10)24-3/h4-7,9,11-12,14-16,19H,8H2,1-3H3/t11-,12+,14+,15+,16+/m0/s1. The number of aliphatic hydroxyl groups excluding tert-OH is 1. The number of nitro groups is 2. The molecule has 0 radical (unpaired) electrons. The Morgan fingerprint density at radius 3 is 2.25 bits per heavy atom. The summed E-state index contributed by atoms with van der Waals surface area (Å²) in [6, 6.07) is 3.99. The average Bonchev–Trinajstić information content (AvgIpc) is 2.52. The van der Waals surface area contributed by atoms with E-state index in [4.69, 9.17) is 4.74 Å². The van der Waals surface area contributed by atoms with E-state index in [0.29, 0.717) is 11.3 Å². The molecule has 1 N–H and O–H groups in total. The number of para-hydroxylation sites is 1. The number of hydrogen-bond donors (Lipinski definition) is 1. The van der Waals surface area contributed by atoms with E-state index in [0.717, 1.165) is 0 Å². The first-order valence-electron chi connectivity index (χ1n) is 7.87. The smallest absolute Gasteiger partial charge is 0.252 e. The van der Waals surface area contributed by atoms with E-state index in [1.54, 1.807) is 24.3 Å². The predicted octanol–water partition coefficient (Wildman–Crippen LogP) is 2.11. The number of rotatable bonds is 5. The summed E-state index contributed by atoms with van der Waals surface area (Å²) in [7, 11) is 1.42. The fraction of sp³-hybridized carbons (Fsp3) is 0.625. The molecule has 1 saturated carbocycles. The summed E-state index contributed by atoms with van der Waals surface area (Å²) < 4.78 is 5.26. The topological polar surface area (TPSA) is 116 Å². The highest BCUT2D eigenvalue weighted by atomic mass is 16.6. The molecule has 5 atom stereocenters. The Labute approximate surface area is 139 Å². The molecular formula is C16H22N2O6. The number of methoxy groups -OCH3 is 1. The number of hydrogen-bond acceptors (Lipinski definition) is 6. The second-order valence-corrected chi connectivity index (χ2v) is 6.53. The van der Waals surface area contributed by atoms with Crippen molar-refractivity contribution in [3.05, 3.63) is 50.1 Å². The first-order valence-corrected chi connectivity index (χ1v) is 7.87. The number of benzene rings is 1. The normalized spacial score (nSPS) is 30.1. The molecule has 1 aliphatic carbocycles. The number of aliphatic hydroxyl groups is 1. The zero-order valence-electron chi connectivity index (χ0n) is 13.9. The van der Waals surface area contributed by atoms with Crippen molar-refractivity contribution in [1.29, 1.82) is 0 Å². The Morgan fingerprint density at radius 2 is 1.75 bits per heavy atom. The summed E-state index contributed by atoms with van der Waals surface area (Å²) in [4.78, 5) is 22.3. The van der Waals surface area contributed by atoms with Gasteiger partial charge in [-0.3, -0.25) is 20.2 Å². The van der Waals surface area contributed by atoms with Crippen molar-refractivity contribution in [2.24, 2.45) is 11.8 Å². The summed E-state index contributed by atoms with van der Waals surface area (Å²) in [6.45, 7) is 3.67. The summed E-state index contributed by atoms with van der Waals surface area (Å²) in [5, 5.41) is 33.7. The largest absolute Gasteiger partial charge is 0.496 e. The predicted molar refractivity (Wildman–Crippen MR) is 86.3 cm³/mol. The lowest BCUT2D eigenvalue weighted by Crippen LogP contribution is -2.55. The second-order valence-electron chi connectivity index (χ2n) is 6.53. The zero-order chi connectivity index (χ0) is 18.0. The minimum Gasteiger partial charge on any atom is -0.496 e. The Balaban J connectivity index is 2.64. The molecule has 2 rings (SSSR count). The van der Waals surface area contributed by atoms with Gasteiger partial charge < -0.3 is 9.84 Å². The molecule has 0 saturated heterocycles. The van der Waals surface area contributed by atoms with Crippen LogP contribution >= 0.6 is 0 Å². The highest BCUT2D eigenvalue weighted by molar-refractivity contribution is 5.38. The van der Waals surface area contributed by atoms with Gasteiger partial charge in [-0.2, -0.15) is 0 Å². The van der Waals surface area contributed by atoms with Crippen LogP contribution in [0.3, 0.4) is 0 Å². The molecule has 24 heavy (non-hydrogen) atoms. The SMILES string of the molecule is COc1ccccc1[C@H]1[C@H]([N+](=O)[O-])[C@H](O)C[C@@H](C(C)C)[C@H]1[N+](=O)[O-]. The molecule has 1 fully saturated rings. The molecule has 8 nitrogen and oxygen atoms in total. The summed E-state index contributed by atoms with van der Waals surface area (Å²) in [5.41, 5.74) is 0.396. The van der Waals surface area contributed by atoms with Gasteiger partial charge in [-0.05, 0) is 18.4 Å². The van der Waals surface area contributed by atoms with E-state index >= 15 is 0 Å². The maximum absolute atomic E-state index is 11.8. The van der Waals surface area contributed by atoms with Crippen LogP contribution in [0, 0.1) is 32.1 Å². The van der Waals surface area contributed by atoms with Crippen LogP contribution in [-0.2, 0) is 0 Å². The first kappa shape index (κ1) is 18.1. The van der Waals surface area contributed by atoms with Gasteiger partial charge >= 0.3 is 0 Å². The van der Waals surface area contributed by atoms with Gasteiger partial charge in [-0.25, -0.2) is 0 Å². The average molecular weight is 338 g/mol. The van der Waals surface area contributed by atoms with E-state index in [-0.39, 0.29) is 12.3 Å². The van der Waals surface area contributed by atoms with Crippen LogP contribution in [0.4, 0.5) is 0 Å². The molecule has 1 aliphatic rings. The molecule has 0 amide bonds. The minimum atomic E-state index is -1.44. The lowest BCUT2D eigenvalue weighted by atomic mass is 9.66. The molecule has 0 bridgehead atoms.